The van der Waals surface area contributed by atoms with Crippen LogP contribution >= 0.6 is 0 Å². The van der Waals surface area contributed by atoms with Crippen LogP contribution in [0.3, 0.4) is 0 Å². The minimum Gasteiger partial charge on any atom is -0.396 e. The van der Waals surface area contributed by atoms with E-state index in [1.165, 1.54) is 0 Å². The zero-order valence-corrected chi connectivity index (χ0v) is 6.96. The quantitative estimate of drug-likeness (QED) is 0.621. The summed E-state index contributed by atoms with van der Waals surface area (Å²) in [6.07, 6.45) is 3.95. The fourth-order valence-electron chi connectivity index (χ4n) is 1.60. The summed E-state index contributed by atoms with van der Waals surface area (Å²) < 4.78 is 0. The predicted molar refractivity (Wildman–Crippen MR) is 46.5 cm³/mol. The summed E-state index contributed by atoms with van der Waals surface area (Å²) in [4.78, 5) is 3.08. The van der Waals surface area contributed by atoms with E-state index < -0.39 is 0 Å². The van der Waals surface area contributed by atoms with Gasteiger partial charge in [-0.15, -0.1) is 0 Å². The van der Waals surface area contributed by atoms with Gasteiger partial charge in [-0.05, 0) is 25.0 Å². The Kier molecular flexibility index (Phi) is 1.70. The summed E-state index contributed by atoms with van der Waals surface area (Å²) >= 11 is 0. The maximum absolute atomic E-state index is 9.13. The van der Waals surface area contributed by atoms with Gasteiger partial charge in [0.2, 0.25) is 0 Å². The first kappa shape index (κ1) is 7.83. The van der Waals surface area contributed by atoms with Crippen LogP contribution < -0.4 is 5.73 Å². The van der Waals surface area contributed by atoms with Crippen LogP contribution in [-0.4, -0.2) is 16.7 Å². The van der Waals surface area contributed by atoms with E-state index in [1.807, 2.05) is 18.3 Å². The Bertz CT molecular complexity index is 252. The third-order valence-corrected chi connectivity index (χ3v) is 2.82. The molecular weight excluding hydrogens is 152 g/mol. The molecule has 0 aliphatic heterocycles. The highest BCUT2D eigenvalue weighted by Crippen LogP contribution is 2.52. The molecule has 1 aliphatic rings. The molecule has 1 aromatic heterocycles. The molecule has 1 fully saturated rings. The maximum atomic E-state index is 9.13. The summed E-state index contributed by atoms with van der Waals surface area (Å²) in [6, 6.07) is 3.88. The van der Waals surface area contributed by atoms with Crippen LogP contribution in [0, 0.1) is 5.41 Å². The smallest absolute Gasteiger partial charge is 0.0527 e. The minimum atomic E-state index is -0.0301. The van der Waals surface area contributed by atoms with E-state index in [1.54, 1.807) is 0 Å². The van der Waals surface area contributed by atoms with E-state index in [9.17, 15) is 0 Å². The molecule has 3 nitrogen and oxygen atoms in total. The normalized spacial score (nSPS) is 22.2. The fraction of sp³-hybridized carbons (Fsp3) is 0.556. The zero-order chi connectivity index (χ0) is 8.60. The van der Waals surface area contributed by atoms with Gasteiger partial charge < -0.3 is 15.8 Å². The fourth-order valence-corrected chi connectivity index (χ4v) is 1.60. The number of aliphatic hydroxyl groups is 1. The van der Waals surface area contributed by atoms with E-state index in [0.29, 0.717) is 0 Å². The van der Waals surface area contributed by atoms with Crippen LogP contribution in [0.4, 0.5) is 0 Å². The molecule has 0 spiro atoms. The van der Waals surface area contributed by atoms with Crippen molar-refractivity contribution in [1.29, 1.82) is 0 Å². The topological polar surface area (TPSA) is 62.0 Å². The highest BCUT2D eigenvalue weighted by Gasteiger charge is 2.48. The van der Waals surface area contributed by atoms with Crippen molar-refractivity contribution in [2.75, 3.05) is 6.61 Å². The second-order valence-electron chi connectivity index (χ2n) is 3.62. The standard InChI is InChI=1S/C9H14N2O/c10-8(7-2-1-5-11-7)9(6-12)3-4-9/h1-2,5,8,11-12H,3-4,6,10H2. The summed E-state index contributed by atoms with van der Waals surface area (Å²) in [5.74, 6) is 0. The third-order valence-electron chi connectivity index (χ3n) is 2.82. The molecule has 1 heterocycles. The van der Waals surface area contributed by atoms with Gasteiger partial charge in [0.25, 0.3) is 0 Å². The monoisotopic (exact) mass is 166 g/mol. The Morgan fingerprint density at radius 2 is 2.42 bits per heavy atom. The molecule has 4 N–H and O–H groups in total. The van der Waals surface area contributed by atoms with Crippen molar-refractivity contribution in [3.8, 4) is 0 Å². The molecule has 0 saturated heterocycles. The number of H-pyrrole nitrogens is 1. The first-order valence-corrected chi connectivity index (χ1v) is 4.28. The number of hydrogen-bond acceptors (Lipinski definition) is 2. The van der Waals surface area contributed by atoms with Gasteiger partial charge in [0.05, 0.1) is 12.6 Å². The highest BCUT2D eigenvalue weighted by atomic mass is 16.3. The Labute approximate surface area is 71.6 Å². The number of hydrogen-bond donors (Lipinski definition) is 3. The molecule has 1 saturated carbocycles. The predicted octanol–water partition coefficient (Wildman–Crippen LogP) is 0.787. The molecule has 0 amide bonds. The van der Waals surface area contributed by atoms with Gasteiger partial charge in [0.1, 0.15) is 0 Å². The van der Waals surface area contributed by atoms with Gasteiger partial charge in [0.15, 0.2) is 0 Å². The lowest BCUT2D eigenvalue weighted by Gasteiger charge is -2.19. The van der Waals surface area contributed by atoms with Gasteiger partial charge in [-0.25, -0.2) is 0 Å². The van der Waals surface area contributed by atoms with Crippen LogP contribution in [0.25, 0.3) is 0 Å². The van der Waals surface area contributed by atoms with Crippen LogP contribution in [0.5, 0.6) is 0 Å². The van der Waals surface area contributed by atoms with Gasteiger partial charge >= 0.3 is 0 Å². The number of rotatable bonds is 3. The van der Waals surface area contributed by atoms with Crippen molar-refractivity contribution in [3.05, 3.63) is 24.0 Å². The van der Waals surface area contributed by atoms with Crippen molar-refractivity contribution >= 4 is 0 Å². The number of nitrogens with two attached hydrogens (primary N) is 1. The van der Waals surface area contributed by atoms with Gasteiger partial charge in [0, 0.05) is 17.3 Å². The van der Waals surface area contributed by atoms with Crippen molar-refractivity contribution in [2.45, 2.75) is 18.9 Å². The highest BCUT2D eigenvalue weighted by molar-refractivity contribution is 5.16. The van der Waals surface area contributed by atoms with Crippen LogP contribution in [0.1, 0.15) is 24.6 Å². The molecule has 2 rings (SSSR count). The van der Waals surface area contributed by atoms with Crippen molar-refractivity contribution in [2.24, 2.45) is 11.1 Å². The lowest BCUT2D eigenvalue weighted by Crippen LogP contribution is -2.26. The molecule has 1 atom stereocenters. The van der Waals surface area contributed by atoms with Crippen LogP contribution in [0.15, 0.2) is 18.3 Å². The largest absolute Gasteiger partial charge is 0.396 e. The minimum absolute atomic E-state index is 0.0230. The molecule has 66 valence electrons. The molecule has 12 heavy (non-hydrogen) atoms. The van der Waals surface area contributed by atoms with E-state index in [4.69, 9.17) is 10.8 Å². The molecule has 3 heteroatoms. The zero-order valence-electron chi connectivity index (χ0n) is 6.96. The summed E-state index contributed by atoms with van der Waals surface area (Å²) in [6.45, 7) is 0.202. The second kappa shape index (κ2) is 2.61. The van der Waals surface area contributed by atoms with Gasteiger partial charge in [-0.3, -0.25) is 0 Å². The first-order valence-electron chi connectivity index (χ1n) is 4.28. The number of aromatic amines is 1. The molecule has 0 aromatic carbocycles. The summed E-state index contributed by atoms with van der Waals surface area (Å²) in [5.41, 5.74) is 7.01. The average molecular weight is 166 g/mol. The van der Waals surface area contributed by atoms with Gasteiger partial charge in [-0.1, -0.05) is 0 Å². The third kappa shape index (κ3) is 1.06. The van der Waals surface area contributed by atoms with Crippen molar-refractivity contribution < 1.29 is 5.11 Å². The Balaban J connectivity index is 2.15. The maximum Gasteiger partial charge on any atom is 0.0527 e. The van der Waals surface area contributed by atoms with Crippen LogP contribution in [0.2, 0.25) is 0 Å². The SMILES string of the molecule is NC(c1ccc[nH]1)C1(CO)CC1. The summed E-state index contributed by atoms with van der Waals surface area (Å²) in [5, 5.41) is 9.13. The Hall–Kier alpha value is -0.800. The number of nitrogens with one attached hydrogen (secondary N) is 1. The van der Waals surface area contributed by atoms with E-state index in [0.717, 1.165) is 18.5 Å². The molecular formula is C9H14N2O. The molecule has 1 aromatic rings. The Morgan fingerprint density at radius 1 is 1.67 bits per heavy atom. The van der Waals surface area contributed by atoms with Crippen LogP contribution in [-0.2, 0) is 0 Å². The lowest BCUT2D eigenvalue weighted by molar-refractivity contribution is 0.186. The molecule has 0 bridgehead atoms. The average Bonchev–Trinajstić information content (AvgIpc) is 2.71. The first-order chi connectivity index (χ1) is 5.78. The molecule has 1 aliphatic carbocycles. The van der Waals surface area contributed by atoms with E-state index in [2.05, 4.69) is 4.98 Å². The van der Waals surface area contributed by atoms with E-state index >= 15 is 0 Å². The van der Waals surface area contributed by atoms with Crippen molar-refractivity contribution in [3.63, 3.8) is 0 Å². The number of aromatic nitrogens is 1. The Morgan fingerprint density at radius 3 is 2.83 bits per heavy atom. The van der Waals surface area contributed by atoms with Gasteiger partial charge in [-0.2, -0.15) is 0 Å². The van der Waals surface area contributed by atoms with Crippen molar-refractivity contribution in [1.82, 2.24) is 4.98 Å². The summed E-state index contributed by atoms with van der Waals surface area (Å²) in [7, 11) is 0. The number of aliphatic hydroxyl groups excluding tert-OH is 1. The molecule has 0 radical (unpaired) electrons. The molecule has 1 unspecified atom stereocenters. The van der Waals surface area contributed by atoms with E-state index in [-0.39, 0.29) is 18.1 Å². The lowest BCUT2D eigenvalue weighted by atomic mass is 9.96. The second-order valence-corrected chi connectivity index (χ2v) is 3.62.